The Morgan fingerprint density at radius 2 is 1.50 bits per heavy atom. The lowest BCUT2D eigenvalue weighted by molar-refractivity contribution is 0.623. The summed E-state index contributed by atoms with van der Waals surface area (Å²) in [5.74, 6) is 0. The Morgan fingerprint density at radius 1 is 0.917 bits per heavy atom. The van der Waals surface area contributed by atoms with Crippen molar-refractivity contribution in [2.24, 2.45) is 5.40 Å². The molecule has 0 fully saturated rings. The molecule has 0 aromatic heterocycles. The van der Waals surface area contributed by atoms with Crippen LogP contribution in [0.4, 0.5) is 0 Å². The van der Waals surface area contributed by atoms with Crippen LogP contribution in [0.1, 0.15) is 52.4 Å². The SMILES string of the molecule is CCCCCCCC[SiH](N)CC. The Kier molecular flexibility index (Phi) is 9.40. The molecule has 0 aromatic carbocycles. The van der Waals surface area contributed by atoms with Crippen molar-refractivity contribution in [2.45, 2.75) is 64.5 Å². The van der Waals surface area contributed by atoms with Gasteiger partial charge in [0.2, 0.25) is 0 Å². The van der Waals surface area contributed by atoms with E-state index in [9.17, 15) is 0 Å². The number of nitrogens with two attached hydrogens (primary N) is 1. The maximum absolute atomic E-state index is 5.95. The van der Waals surface area contributed by atoms with Crippen molar-refractivity contribution in [2.75, 3.05) is 0 Å². The highest BCUT2D eigenvalue weighted by molar-refractivity contribution is 6.54. The fraction of sp³-hybridized carbons (Fsp3) is 1.00. The average Bonchev–Trinajstić information content (AvgIpc) is 2.10. The minimum absolute atomic E-state index is 0.740. The third-order valence-electron chi connectivity index (χ3n) is 2.45. The third kappa shape index (κ3) is 8.28. The average molecular weight is 187 g/mol. The van der Waals surface area contributed by atoms with Gasteiger partial charge in [0.05, 0.1) is 0 Å². The van der Waals surface area contributed by atoms with Gasteiger partial charge in [0, 0.05) is 0 Å². The fourth-order valence-corrected chi connectivity index (χ4v) is 2.61. The minimum atomic E-state index is -0.740. The molecule has 0 amide bonds. The highest BCUT2D eigenvalue weighted by atomic mass is 28.3. The molecule has 0 bridgehead atoms. The summed E-state index contributed by atoms with van der Waals surface area (Å²) in [6, 6.07) is 2.64. The zero-order chi connectivity index (χ0) is 9.23. The summed E-state index contributed by atoms with van der Waals surface area (Å²) in [6.45, 7) is 4.49. The van der Waals surface area contributed by atoms with Gasteiger partial charge in [-0.15, -0.1) is 0 Å². The molecule has 1 nitrogen and oxygen atoms in total. The van der Waals surface area contributed by atoms with Crippen LogP contribution in [0.2, 0.25) is 12.1 Å². The van der Waals surface area contributed by atoms with E-state index < -0.39 is 8.96 Å². The predicted molar refractivity (Wildman–Crippen MR) is 60.0 cm³/mol. The van der Waals surface area contributed by atoms with Crippen molar-refractivity contribution in [3.63, 3.8) is 0 Å². The van der Waals surface area contributed by atoms with E-state index in [1.165, 1.54) is 50.6 Å². The Bertz CT molecular complexity index is 85.9. The Labute approximate surface area is 79.4 Å². The van der Waals surface area contributed by atoms with Crippen LogP contribution in [-0.4, -0.2) is 8.96 Å². The second-order valence-electron chi connectivity index (χ2n) is 3.72. The van der Waals surface area contributed by atoms with Gasteiger partial charge in [-0.3, -0.25) is 0 Å². The molecule has 0 aliphatic heterocycles. The van der Waals surface area contributed by atoms with Crippen LogP contribution < -0.4 is 5.40 Å². The maximum atomic E-state index is 5.95. The van der Waals surface area contributed by atoms with E-state index in [0.717, 1.165) is 0 Å². The van der Waals surface area contributed by atoms with Gasteiger partial charge in [-0.2, -0.15) is 0 Å². The smallest absolute Gasteiger partial charge is 0.105 e. The van der Waals surface area contributed by atoms with Gasteiger partial charge in [-0.1, -0.05) is 58.4 Å². The molecule has 1 unspecified atom stereocenters. The molecule has 0 aromatic rings. The summed E-state index contributed by atoms with van der Waals surface area (Å²) < 4.78 is 0. The lowest BCUT2D eigenvalue weighted by atomic mass is 10.1. The maximum Gasteiger partial charge on any atom is 0.105 e. The molecule has 0 saturated carbocycles. The first-order valence-electron chi connectivity index (χ1n) is 5.56. The number of hydrogen-bond donors (Lipinski definition) is 1. The molecule has 0 aliphatic rings. The van der Waals surface area contributed by atoms with Gasteiger partial charge < -0.3 is 5.40 Å². The van der Waals surface area contributed by atoms with E-state index >= 15 is 0 Å². The van der Waals surface area contributed by atoms with Gasteiger partial charge in [-0.05, 0) is 6.04 Å². The first-order valence-corrected chi connectivity index (χ1v) is 7.86. The van der Waals surface area contributed by atoms with Crippen molar-refractivity contribution < 1.29 is 0 Å². The minimum Gasteiger partial charge on any atom is -0.353 e. The normalized spacial score (nSPS) is 13.2. The highest BCUT2D eigenvalue weighted by Crippen LogP contribution is 2.08. The third-order valence-corrected chi connectivity index (χ3v) is 4.65. The van der Waals surface area contributed by atoms with Crippen LogP contribution in [0.3, 0.4) is 0 Å². The van der Waals surface area contributed by atoms with Crippen molar-refractivity contribution >= 4 is 8.96 Å². The van der Waals surface area contributed by atoms with E-state index in [1.54, 1.807) is 0 Å². The molecule has 0 aliphatic carbocycles. The van der Waals surface area contributed by atoms with Crippen LogP contribution in [0.15, 0.2) is 0 Å². The van der Waals surface area contributed by atoms with Gasteiger partial charge in [0.15, 0.2) is 0 Å². The lowest BCUT2D eigenvalue weighted by Gasteiger charge is -2.05. The van der Waals surface area contributed by atoms with Crippen LogP contribution >= 0.6 is 0 Å². The van der Waals surface area contributed by atoms with E-state index in [1.807, 2.05) is 0 Å². The summed E-state index contributed by atoms with van der Waals surface area (Å²) in [6.07, 6.45) is 8.43. The van der Waals surface area contributed by atoms with Gasteiger partial charge in [-0.25, -0.2) is 0 Å². The molecule has 0 heterocycles. The second-order valence-corrected chi connectivity index (χ2v) is 6.64. The molecule has 0 spiro atoms. The highest BCUT2D eigenvalue weighted by Gasteiger charge is 1.99. The topological polar surface area (TPSA) is 26.0 Å². The van der Waals surface area contributed by atoms with Crippen LogP contribution in [0, 0.1) is 0 Å². The Morgan fingerprint density at radius 3 is 2.08 bits per heavy atom. The van der Waals surface area contributed by atoms with E-state index in [4.69, 9.17) is 5.40 Å². The molecule has 12 heavy (non-hydrogen) atoms. The standard InChI is InChI=1S/C10H25NSi/c1-3-5-6-7-8-9-10-12(11)4-2/h12H,3-11H2,1-2H3. The largest absolute Gasteiger partial charge is 0.353 e. The summed E-state index contributed by atoms with van der Waals surface area (Å²) in [5, 5.41) is 5.95. The first kappa shape index (κ1) is 12.2. The van der Waals surface area contributed by atoms with Crippen molar-refractivity contribution in [1.82, 2.24) is 0 Å². The van der Waals surface area contributed by atoms with Gasteiger partial charge in [0.25, 0.3) is 0 Å². The number of unbranched alkanes of at least 4 members (excludes halogenated alkanes) is 5. The fourth-order valence-electron chi connectivity index (χ4n) is 1.39. The molecular formula is C10H25NSi. The predicted octanol–water partition coefficient (Wildman–Crippen LogP) is 3.05. The molecule has 0 rings (SSSR count). The molecule has 2 N–H and O–H groups in total. The van der Waals surface area contributed by atoms with Crippen molar-refractivity contribution in [3.05, 3.63) is 0 Å². The van der Waals surface area contributed by atoms with E-state index in [2.05, 4.69) is 13.8 Å². The van der Waals surface area contributed by atoms with Crippen LogP contribution in [0.25, 0.3) is 0 Å². The summed E-state index contributed by atoms with van der Waals surface area (Å²) >= 11 is 0. The number of rotatable bonds is 8. The van der Waals surface area contributed by atoms with Crippen LogP contribution in [0.5, 0.6) is 0 Å². The molecular weight excluding hydrogens is 162 g/mol. The molecule has 0 radical (unpaired) electrons. The van der Waals surface area contributed by atoms with Crippen molar-refractivity contribution in [3.8, 4) is 0 Å². The van der Waals surface area contributed by atoms with Crippen molar-refractivity contribution in [1.29, 1.82) is 0 Å². The van der Waals surface area contributed by atoms with E-state index in [0.29, 0.717) is 0 Å². The van der Waals surface area contributed by atoms with Gasteiger partial charge in [0.1, 0.15) is 8.96 Å². The molecule has 0 saturated heterocycles. The summed E-state index contributed by atoms with van der Waals surface area (Å²) in [4.78, 5) is 0. The lowest BCUT2D eigenvalue weighted by Crippen LogP contribution is -2.23. The zero-order valence-electron chi connectivity index (χ0n) is 8.81. The number of hydrogen-bond acceptors (Lipinski definition) is 1. The molecule has 1 atom stereocenters. The molecule has 74 valence electrons. The Hall–Kier alpha value is 0.177. The zero-order valence-corrected chi connectivity index (χ0v) is 9.97. The van der Waals surface area contributed by atoms with Gasteiger partial charge >= 0.3 is 0 Å². The first-order chi connectivity index (χ1) is 5.81. The van der Waals surface area contributed by atoms with Crippen LogP contribution in [-0.2, 0) is 0 Å². The van der Waals surface area contributed by atoms with E-state index in [-0.39, 0.29) is 0 Å². The Balaban J connectivity index is 2.90. The quantitative estimate of drug-likeness (QED) is 0.459. The second kappa shape index (κ2) is 9.27. The monoisotopic (exact) mass is 187 g/mol. The molecule has 2 heteroatoms. The summed E-state index contributed by atoms with van der Waals surface area (Å²) in [7, 11) is -0.740. The summed E-state index contributed by atoms with van der Waals surface area (Å²) in [5.41, 5.74) is 0.